The van der Waals surface area contributed by atoms with E-state index in [1.807, 2.05) is 0 Å². The summed E-state index contributed by atoms with van der Waals surface area (Å²) in [7, 11) is 1.54. The first kappa shape index (κ1) is 20.7. The van der Waals surface area contributed by atoms with Crippen molar-refractivity contribution in [3.8, 4) is 16.9 Å². The number of aromatic nitrogens is 1. The number of halogens is 3. The number of aliphatic imine (C=N–C) groups is 1. The van der Waals surface area contributed by atoms with Crippen LogP contribution in [0.3, 0.4) is 0 Å². The van der Waals surface area contributed by atoms with Gasteiger partial charge in [-0.05, 0) is 36.6 Å². The zero-order valence-corrected chi connectivity index (χ0v) is 17.1. The van der Waals surface area contributed by atoms with Crippen LogP contribution in [0.5, 0.6) is 5.75 Å². The van der Waals surface area contributed by atoms with E-state index in [1.54, 1.807) is 18.2 Å². The van der Waals surface area contributed by atoms with Crippen molar-refractivity contribution in [2.75, 3.05) is 7.05 Å². The maximum absolute atomic E-state index is 13.5. The molecule has 10 heteroatoms. The Morgan fingerprint density at radius 1 is 1.22 bits per heavy atom. The summed E-state index contributed by atoms with van der Waals surface area (Å²) < 4.78 is 45.7. The summed E-state index contributed by atoms with van der Waals surface area (Å²) in [5.74, 6) is -0.197. The fraction of sp³-hybridized carbons (Fsp3) is 0.409. The fourth-order valence-corrected chi connectivity index (χ4v) is 5.02. The molecule has 1 aromatic carbocycles. The zero-order valence-electron chi connectivity index (χ0n) is 17.1. The monoisotopic (exact) mass is 446 g/mol. The molecule has 32 heavy (non-hydrogen) atoms. The number of rotatable bonds is 1. The molecule has 1 spiro atoms. The first-order chi connectivity index (χ1) is 15.1. The number of hydrogen-bond acceptors (Lipinski definition) is 6. The van der Waals surface area contributed by atoms with Crippen molar-refractivity contribution in [3.63, 3.8) is 0 Å². The molecule has 3 heterocycles. The highest BCUT2D eigenvalue weighted by atomic mass is 19.4. The minimum atomic E-state index is -4.53. The van der Waals surface area contributed by atoms with E-state index >= 15 is 0 Å². The molecule has 1 amide bonds. The first-order valence-electron chi connectivity index (χ1n) is 10.3. The molecule has 0 bridgehead atoms. The number of aliphatic hydroxyl groups is 1. The Morgan fingerprint density at radius 2 is 2.00 bits per heavy atom. The predicted molar refractivity (Wildman–Crippen MR) is 109 cm³/mol. The van der Waals surface area contributed by atoms with Gasteiger partial charge in [0.15, 0.2) is 11.5 Å². The normalized spacial score (nSPS) is 29.4. The Balaban J connectivity index is 1.68. The number of hydrogen-bond donors (Lipinski definition) is 2. The molecule has 0 radical (unpaired) electrons. The van der Waals surface area contributed by atoms with E-state index in [9.17, 15) is 23.1 Å². The van der Waals surface area contributed by atoms with Crippen LogP contribution >= 0.6 is 0 Å². The molecule has 1 aromatic heterocycles. The van der Waals surface area contributed by atoms with Crippen LogP contribution in [0.1, 0.15) is 30.4 Å². The average molecular weight is 446 g/mol. The lowest BCUT2D eigenvalue weighted by atomic mass is 9.67. The van der Waals surface area contributed by atoms with Gasteiger partial charge in [0.2, 0.25) is 0 Å². The van der Waals surface area contributed by atoms with Crippen LogP contribution in [0.2, 0.25) is 0 Å². The Labute approximate surface area is 181 Å². The van der Waals surface area contributed by atoms with Gasteiger partial charge in [0.1, 0.15) is 11.9 Å². The SMILES string of the molecule is CN1C(=O)C2(N=C1N)c1cc(-c3cncc(C(F)(F)F)c3)ccc1OC1CC(O)CCC12. The first-order valence-corrected chi connectivity index (χ1v) is 10.3. The van der Waals surface area contributed by atoms with Crippen molar-refractivity contribution in [2.45, 2.75) is 43.2 Å². The number of aliphatic hydroxyl groups excluding tert-OH is 1. The van der Waals surface area contributed by atoms with Crippen molar-refractivity contribution in [3.05, 3.63) is 47.8 Å². The lowest BCUT2D eigenvalue weighted by molar-refractivity contribution is -0.138. The largest absolute Gasteiger partial charge is 0.490 e. The average Bonchev–Trinajstić information content (AvgIpc) is 2.98. The topological polar surface area (TPSA) is 101 Å². The summed E-state index contributed by atoms with van der Waals surface area (Å²) in [6, 6.07) is 5.91. The van der Waals surface area contributed by atoms with Gasteiger partial charge in [0.05, 0.1) is 11.7 Å². The van der Waals surface area contributed by atoms with Gasteiger partial charge in [-0.25, -0.2) is 4.99 Å². The molecule has 7 nitrogen and oxygen atoms in total. The van der Waals surface area contributed by atoms with Gasteiger partial charge in [-0.1, -0.05) is 6.07 Å². The van der Waals surface area contributed by atoms with Gasteiger partial charge in [0.25, 0.3) is 5.91 Å². The lowest BCUT2D eigenvalue weighted by Crippen LogP contribution is -2.55. The van der Waals surface area contributed by atoms with Crippen LogP contribution in [0, 0.1) is 5.92 Å². The van der Waals surface area contributed by atoms with E-state index in [0.29, 0.717) is 36.1 Å². The van der Waals surface area contributed by atoms with Crippen molar-refractivity contribution < 1.29 is 27.8 Å². The number of ether oxygens (including phenoxy) is 1. The minimum absolute atomic E-state index is 0.0684. The number of alkyl halides is 3. The highest BCUT2D eigenvalue weighted by Crippen LogP contribution is 2.53. The van der Waals surface area contributed by atoms with Crippen LogP contribution in [-0.2, 0) is 16.5 Å². The van der Waals surface area contributed by atoms with E-state index in [0.717, 1.165) is 12.3 Å². The quantitative estimate of drug-likeness (QED) is 0.702. The summed E-state index contributed by atoms with van der Waals surface area (Å²) >= 11 is 0. The Kier molecular flexibility index (Phi) is 4.49. The van der Waals surface area contributed by atoms with Gasteiger partial charge in [-0.2, -0.15) is 13.2 Å². The van der Waals surface area contributed by atoms with Crippen molar-refractivity contribution in [1.29, 1.82) is 0 Å². The lowest BCUT2D eigenvalue weighted by Gasteiger charge is -2.46. The Morgan fingerprint density at radius 3 is 2.69 bits per heavy atom. The maximum Gasteiger partial charge on any atom is 0.417 e. The summed E-state index contributed by atoms with van der Waals surface area (Å²) in [6.07, 6.45) is -2.04. The van der Waals surface area contributed by atoms with Crippen LogP contribution in [0.15, 0.2) is 41.7 Å². The molecule has 1 saturated carbocycles. The molecule has 5 rings (SSSR count). The van der Waals surface area contributed by atoms with Gasteiger partial charge in [-0.15, -0.1) is 0 Å². The van der Waals surface area contributed by atoms with Crippen molar-refractivity contribution in [1.82, 2.24) is 9.88 Å². The standard InChI is InChI=1S/C22H21F3N4O3/c1-29-19(31)21(28-20(29)26)15-4-3-14(30)8-18(15)32-17-5-2-11(7-16(17)21)12-6-13(10-27-9-12)22(23,24)25/h2,5-7,9-10,14-15,18,30H,3-4,8H2,1H3,(H2,26,28). The molecular formula is C22H21F3N4O3. The van der Waals surface area contributed by atoms with E-state index in [-0.39, 0.29) is 23.3 Å². The van der Waals surface area contributed by atoms with Crippen LogP contribution in [0.4, 0.5) is 13.2 Å². The number of pyridine rings is 1. The summed E-state index contributed by atoms with van der Waals surface area (Å²) in [4.78, 5) is 23.1. The minimum Gasteiger partial charge on any atom is -0.490 e. The molecule has 4 unspecified atom stereocenters. The number of benzene rings is 1. The van der Waals surface area contributed by atoms with Gasteiger partial charge in [0, 0.05) is 42.9 Å². The van der Waals surface area contributed by atoms with E-state index in [1.165, 1.54) is 18.1 Å². The predicted octanol–water partition coefficient (Wildman–Crippen LogP) is 2.67. The molecule has 2 aliphatic heterocycles. The number of nitrogens with zero attached hydrogens (tertiary/aromatic N) is 3. The maximum atomic E-state index is 13.5. The smallest absolute Gasteiger partial charge is 0.417 e. The molecule has 4 atom stereocenters. The number of fused-ring (bicyclic) bond motifs is 4. The van der Waals surface area contributed by atoms with E-state index in [2.05, 4.69) is 9.98 Å². The number of amides is 1. The van der Waals surface area contributed by atoms with Gasteiger partial charge in [-0.3, -0.25) is 14.7 Å². The van der Waals surface area contributed by atoms with E-state index in [4.69, 9.17) is 10.5 Å². The van der Waals surface area contributed by atoms with E-state index < -0.39 is 29.5 Å². The molecular weight excluding hydrogens is 425 g/mol. The molecule has 2 aromatic rings. The number of likely N-dealkylation sites (N-methyl/N-ethyl adjacent to an activating group) is 1. The van der Waals surface area contributed by atoms with Crippen LogP contribution < -0.4 is 10.5 Å². The third-order valence-corrected chi connectivity index (χ3v) is 6.63. The van der Waals surface area contributed by atoms with Crippen molar-refractivity contribution >= 4 is 11.9 Å². The van der Waals surface area contributed by atoms with Crippen molar-refractivity contribution in [2.24, 2.45) is 16.6 Å². The second-order valence-electron chi connectivity index (χ2n) is 8.50. The number of carbonyl (C=O) groups excluding carboxylic acids is 1. The molecule has 1 fully saturated rings. The molecule has 3 N–H and O–H groups in total. The molecule has 1 aliphatic carbocycles. The number of nitrogens with two attached hydrogens (primary N) is 1. The zero-order chi connectivity index (χ0) is 22.8. The molecule has 168 valence electrons. The Hall–Kier alpha value is -3.14. The molecule has 0 saturated heterocycles. The van der Waals surface area contributed by atoms with Gasteiger partial charge < -0.3 is 15.6 Å². The van der Waals surface area contributed by atoms with Gasteiger partial charge >= 0.3 is 6.18 Å². The van der Waals surface area contributed by atoms with Crippen LogP contribution in [0.25, 0.3) is 11.1 Å². The Bertz CT molecular complexity index is 1140. The molecule has 3 aliphatic rings. The fourth-order valence-electron chi connectivity index (χ4n) is 5.02. The number of carbonyl (C=O) groups is 1. The second-order valence-corrected chi connectivity index (χ2v) is 8.50. The van der Waals surface area contributed by atoms with Crippen LogP contribution in [-0.4, -0.2) is 46.1 Å². The number of guanidine groups is 1. The second kappa shape index (κ2) is 6.93. The highest BCUT2D eigenvalue weighted by molar-refractivity contribution is 6.07. The third-order valence-electron chi connectivity index (χ3n) is 6.63. The third kappa shape index (κ3) is 2.96. The highest BCUT2D eigenvalue weighted by Gasteiger charge is 2.60. The summed E-state index contributed by atoms with van der Waals surface area (Å²) in [5.41, 5.74) is 4.99. The summed E-state index contributed by atoms with van der Waals surface area (Å²) in [5, 5.41) is 10.1. The summed E-state index contributed by atoms with van der Waals surface area (Å²) in [6.45, 7) is 0.